The van der Waals surface area contributed by atoms with Crippen LogP contribution in [-0.2, 0) is 11.3 Å². The largest absolute Gasteiger partial charge is 0.496 e. The lowest BCUT2D eigenvalue weighted by Gasteiger charge is -2.17. The lowest BCUT2D eigenvalue weighted by atomic mass is 9.93. The maximum absolute atomic E-state index is 5.40. The molecule has 0 aromatic heterocycles. The number of benzene rings is 1. The van der Waals surface area contributed by atoms with Crippen molar-refractivity contribution in [1.29, 1.82) is 0 Å². The molecule has 0 saturated carbocycles. The molecule has 1 aliphatic heterocycles. The standard InChI is InChI=1S/C13H19NO2/c1-15-9-12-11(10-6-7-14-8-10)4-3-5-13(12)16-2/h3-5,10,14H,6-9H2,1-2H3. The lowest BCUT2D eigenvalue weighted by Crippen LogP contribution is -2.10. The Kier molecular flexibility index (Phi) is 3.80. The Morgan fingerprint density at radius 1 is 1.38 bits per heavy atom. The number of methoxy groups -OCH3 is 2. The summed E-state index contributed by atoms with van der Waals surface area (Å²) in [6.45, 7) is 2.79. The average Bonchev–Trinajstić information content (AvgIpc) is 2.83. The monoisotopic (exact) mass is 221 g/mol. The Bertz CT molecular complexity index is 346. The normalized spacial score (nSPS) is 20.0. The second-order valence-corrected chi connectivity index (χ2v) is 4.15. The second kappa shape index (κ2) is 5.32. The fourth-order valence-electron chi connectivity index (χ4n) is 2.38. The average molecular weight is 221 g/mol. The first-order valence-corrected chi connectivity index (χ1v) is 5.72. The van der Waals surface area contributed by atoms with Crippen molar-refractivity contribution < 1.29 is 9.47 Å². The van der Waals surface area contributed by atoms with E-state index >= 15 is 0 Å². The van der Waals surface area contributed by atoms with Crippen LogP contribution in [0, 0.1) is 0 Å². The summed E-state index contributed by atoms with van der Waals surface area (Å²) in [4.78, 5) is 0. The van der Waals surface area contributed by atoms with Crippen LogP contribution in [0.2, 0.25) is 0 Å². The molecule has 0 spiro atoms. The zero-order valence-corrected chi connectivity index (χ0v) is 9.95. The molecule has 16 heavy (non-hydrogen) atoms. The maximum Gasteiger partial charge on any atom is 0.124 e. The molecule has 3 heteroatoms. The van der Waals surface area contributed by atoms with Crippen molar-refractivity contribution in [1.82, 2.24) is 5.32 Å². The van der Waals surface area contributed by atoms with E-state index in [-0.39, 0.29) is 0 Å². The van der Waals surface area contributed by atoms with Gasteiger partial charge in [-0.1, -0.05) is 12.1 Å². The van der Waals surface area contributed by atoms with Crippen LogP contribution in [0.4, 0.5) is 0 Å². The molecule has 1 fully saturated rings. The third-order valence-electron chi connectivity index (χ3n) is 3.18. The van der Waals surface area contributed by atoms with Gasteiger partial charge in [-0.3, -0.25) is 0 Å². The van der Waals surface area contributed by atoms with E-state index in [9.17, 15) is 0 Å². The van der Waals surface area contributed by atoms with Crippen molar-refractivity contribution >= 4 is 0 Å². The van der Waals surface area contributed by atoms with Gasteiger partial charge >= 0.3 is 0 Å². The summed E-state index contributed by atoms with van der Waals surface area (Å²) in [5.74, 6) is 1.53. The molecule has 0 radical (unpaired) electrons. The Balaban J connectivity index is 2.33. The van der Waals surface area contributed by atoms with Crippen molar-refractivity contribution in [3.05, 3.63) is 29.3 Å². The van der Waals surface area contributed by atoms with E-state index in [0.29, 0.717) is 12.5 Å². The van der Waals surface area contributed by atoms with Crippen LogP contribution in [0.25, 0.3) is 0 Å². The lowest BCUT2D eigenvalue weighted by molar-refractivity contribution is 0.180. The second-order valence-electron chi connectivity index (χ2n) is 4.15. The Morgan fingerprint density at radius 3 is 2.88 bits per heavy atom. The summed E-state index contributed by atoms with van der Waals surface area (Å²) in [6.07, 6.45) is 1.20. The van der Waals surface area contributed by atoms with Gasteiger partial charge in [-0.25, -0.2) is 0 Å². The van der Waals surface area contributed by atoms with Gasteiger partial charge in [0.2, 0.25) is 0 Å². The smallest absolute Gasteiger partial charge is 0.124 e. The number of nitrogens with one attached hydrogen (secondary N) is 1. The van der Waals surface area contributed by atoms with E-state index < -0.39 is 0 Å². The van der Waals surface area contributed by atoms with E-state index in [1.807, 2.05) is 6.07 Å². The zero-order chi connectivity index (χ0) is 11.4. The first-order chi connectivity index (χ1) is 7.86. The molecular weight excluding hydrogens is 202 g/mol. The third-order valence-corrected chi connectivity index (χ3v) is 3.18. The van der Waals surface area contributed by atoms with Crippen molar-refractivity contribution in [2.24, 2.45) is 0 Å². The van der Waals surface area contributed by atoms with Gasteiger partial charge in [-0.15, -0.1) is 0 Å². The van der Waals surface area contributed by atoms with Crippen LogP contribution in [0.3, 0.4) is 0 Å². The molecule has 0 amide bonds. The predicted octanol–water partition coefficient (Wildman–Crippen LogP) is 1.92. The minimum absolute atomic E-state index is 0.597. The van der Waals surface area contributed by atoms with Gasteiger partial charge < -0.3 is 14.8 Å². The summed E-state index contributed by atoms with van der Waals surface area (Å²) in [5.41, 5.74) is 2.56. The van der Waals surface area contributed by atoms with Crippen LogP contribution in [0.1, 0.15) is 23.5 Å². The topological polar surface area (TPSA) is 30.5 Å². The minimum atomic E-state index is 0.597. The van der Waals surface area contributed by atoms with Crippen LogP contribution < -0.4 is 10.1 Å². The molecule has 1 saturated heterocycles. The highest BCUT2D eigenvalue weighted by molar-refractivity contribution is 5.42. The van der Waals surface area contributed by atoms with E-state index in [0.717, 1.165) is 18.8 Å². The molecule has 1 atom stereocenters. The van der Waals surface area contributed by atoms with Crippen molar-refractivity contribution in [3.63, 3.8) is 0 Å². The predicted molar refractivity (Wildman–Crippen MR) is 63.9 cm³/mol. The summed E-state index contributed by atoms with van der Waals surface area (Å²) in [6, 6.07) is 6.25. The van der Waals surface area contributed by atoms with Gasteiger partial charge in [0.1, 0.15) is 5.75 Å². The van der Waals surface area contributed by atoms with E-state index in [1.165, 1.54) is 17.5 Å². The van der Waals surface area contributed by atoms with Gasteiger partial charge in [0.05, 0.1) is 13.7 Å². The number of rotatable bonds is 4. The molecule has 88 valence electrons. The van der Waals surface area contributed by atoms with E-state index in [1.54, 1.807) is 14.2 Å². The van der Waals surface area contributed by atoms with Gasteiger partial charge in [-0.05, 0) is 30.5 Å². The van der Waals surface area contributed by atoms with Crippen molar-refractivity contribution in [2.75, 3.05) is 27.3 Å². The first-order valence-electron chi connectivity index (χ1n) is 5.72. The van der Waals surface area contributed by atoms with E-state index in [4.69, 9.17) is 9.47 Å². The summed E-state index contributed by atoms with van der Waals surface area (Å²) in [7, 11) is 3.44. The van der Waals surface area contributed by atoms with Crippen molar-refractivity contribution in [3.8, 4) is 5.75 Å². The SMILES string of the molecule is COCc1c(OC)cccc1C1CCNC1. The van der Waals surface area contributed by atoms with Gasteiger partial charge in [0.15, 0.2) is 0 Å². The van der Waals surface area contributed by atoms with Crippen LogP contribution in [-0.4, -0.2) is 27.3 Å². The highest BCUT2D eigenvalue weighted by atomic mass is 16.5. The Hall–Kier alpha value is -1.06. The summed E-state index contributed by atoms with van der Waals surface area (Å²) >= 11 is 0. The van der Waals surface area contributed by atoms with Crippen LogP contribution in [0.5, 0.6) is 5.75 Å². The Labute approximate surface area is 96.8 Å². The van der Waals surface area contributed by atoms with E-state index in [2.05, 4.69) is 17.4 Å². The quantitative estimate of drug-likeness (QED) is 0.842. The highest BCUT2D eigenvalue weighted by Crippen LogP contribution is 2.31. The molecular formula is C13H19NO2. The highest BCUT2D eigenvalue weighted by Gasteiger charge is 2.21. The van der Waals surface area contributed by atoms with Gasteiger partial charge in [0.25, 0.3) is 0 Å². The molecule has 1 heterocycles. The number of ether oxygens (including phenoxy) is 2. The molecule has 2 rings (SSSR count). The molecule has 1 N–H and O–H groups in total. The molecule has 1 aliphatic rings. The van der Waals surface area contributed by atoms with Gasteiger partial charge in [-0.2, -0.15) is 0 Å². The molecule has 0 bridgehead atoms. The van der Waals surface area contributed by atoms with Crippen molar-refractivity contribution in [2.45, 2.75) is 18.9 Å². The fourth-order valence-corrected chi connectivity index (χ4v) is 2.38. The molecule has 1 aromatic rings. The molecule has 1 unspecified atom stereocenters. The number of hydrogen-bond acceptors (Lipinski definition) is 3. The Morgan fingerprint density at radius 2 is 2.25 bits per heavy atom. The summed E-state index contributed by atoms with van der Waals surface area (Å²) < 4.78 is 10.7. The van der Waals surface area contributed by atoms with Gasteiger partial charge in [0, 0.05) is 19.2 Å². The zero-order valence-electron chi connectivity index (χ0n) is 9.95. The molecule has 0 aliphatic carbocycles. The molecule has 3 nitrogen and oxygen atoms in total. The first kappa shape index (κ1) is 11.4. The molecule has 1 aromatic carbocycles. The van der Waals surface area contributed by atoms with Crippen LogP contribution >= 0.6 is 0 Å². The summed E-state index contributed by atoms with van der Waals surface area (Å²) in [5, 5.41) is 3.40. The third kappa shape index (κ3) is 2.20. The minimum Gasteiger partial charge on any atom is -0.496 e. The number of hydrogen-bond donors (Lipinski definition) is 1. The fraction of sp³-hybridized carbons (Fsp3) is 0.538. The maximum atomic E-state index is 5.40. The van der Waals surface area contributed by atoms with Crippen LogP contribution in [0.15, 0.2) is 18.2 Å².